The van der Waals surface area contributed by atoms with E-state index in [1.54, 1.807) is 6.92 Å². The Bertz CT molecular complexity index is 811. The van der Waals surface area contributed by atoms with Gasteiger partial charge in [0.1, 0.15) is 18.1 Å². The number of hydrogen-bond acceptors (Lipinski definition) is 6. The van der Waals surface area contributed by atoms with Crippen LogP contribution in [0.1, 0.15) is 60.1 Å². The zero-order chi connectivity index (χ0) is 26.0. The minimum Gasteiger partial charge on any atom is -0.480 e. The maximum atomic E-state index is 13.1. The van der Waals surface area contributed by atoms with Gasteiger partial charge in [-0.15, -0.1) is 0 Å². The first kappa shape index (κ1) is 29.1. The third kappa shape index (κ3) is 9.12. The molecule has 1 rings (SSSR count). The Balaban J connectivity index is 3.01. The van der Waals surface area contributed by atoms with Gasteiger partial charge in [0.15, 0.2) is 0 Å². The van der Waals surface area contributed by atoms with Crippen LogP contribution in [-0.4, -0.2) is 62.9 Å². The molecule has 1 aromatic rings. The summed E-state index contributed by atoms with van der Waals surface area (Å²) in [4.78, 5) is 57.1. The summed E-state index contributed by atoms with van der Waals surface area (Å²) in [6, 6.07) is -3.83. The first-order valence-electron chi connectivity index (χ1n) is 11.7. The zero-order valence-electron chi connectivity index (χ0n) is 20.9. The number of imidazole rings is 1. The van der Waals surface area contributed by atoms with Crippen LogP contribution in [0.4, 0.5) is 0 Å². The molecular weight excluding hydrogens is 440 g/mol. The molecule has 0 saturated carbocycles. The predicted molar refractivity (Wildman–Crippen MR) is 127 cm³/mol. The van der Waals surface area contributed by atoms with E-state index in [2.05, 4.69) is 25.9 Å². The van der Waals surface area contributed by atoms with Gasteiger partial charge in [-0.05, 0) is 24.2 Å². The van der Waals surface area contributed by atoms with E-state index in [9.17, 15) is 24.3 Å². The number of hydrogen-bond donors (Lipinski definition) is 6. The number of aromatic amines is 1. The van der Waals surface area contributed by atoms with Crippen LogP contribution in [0.5, 0.6) is 0 Å². The number of carbonyl (C=O) groups is 4. The molecule has 34 heavy (non-hydrogen) atoms. The lowest BCUT2D eigenvalue weighted by Crippen LogP contribution is -2.59. The molecule has 0 aliphatic rings. The summed E-state index contributed by atoms with van der Waals surface area (Å²) in [5.41, 5.74) is 6.48. The van der Waals surface area contributed by atoms with Crippen LogP contribution in [-0.2, 0) is 25.6 Å². The SMILES string of the molecule is CCC(C)C(NC(=O)C(CC(C)C)NC(=O)C(N)C(C)C)C(=O)NC(Cc1cnc[nH]1)C(=O)O. The van der Waals surface area contributed by atoms with Crippen LogP contribution < -0.4 is 21.7 Å². The number of amides is 3. The molecule has 0 saturated heterocycles. The van der Waals surface area contributed by atoms with Crippen LogP contribution >= 0.6 is 0 Å². The van der Waals surface area contributed by atoms with Gasteiger partial charge >= 0.3 is 5.97 Å². The minimum absolute atomic E-state index is 0.0152. The first-order valence-corrected chi connectivity index (χ1v) is 11.7. The zero-order valence-corrected chi connectivity index (χ0v) is 20.9. The highest BCUT2D eigenvalue weighted by Gasteiger charge is 2.33. The van der Waals surface area contributed by atoms with E-state index in [0.29, 0.717) is 18.5 Å². The Hall–Kier alpha value is -2.95. The first-order chi connectivity index (χ1) is 15.9. The molecule has 1 aromatic heterocycles. The predicted octanol–water partition coefficient (Wildman–Crippen LogP) is 0.567. The summed E-state index contributed by atoms with van der Waals surface area (Å²) in [5, 5.41) is 17.5. The summed E-state index contributed by atoms with van der Waals surface area (Å²) in [7, 11) is 0. The quantitative estimate of drug-likeness (QED) is 0.225. The standard InChI is InChI=1S/C23H40N6O5/c1-7-14(6)19(22(32)28-17(23(33)34)9-15-10-25-11-26-15)29-20(30)16(8-12(2)3)27-21(31)18(24)13(4)5/h10-14,16-19H,7-9,24H2,1-6H3,(H,25,26)(H,27,31)(H,28,32)(H,29,30)(H,33,34). The van der Waals surface area contributed by atoms with Crippen molar-refractivity contribution in [3.05, 3.63) is 18.2 Å². The molecule has 0 aliphatic heterocycles. The van der Waals surface area contributed by atoms with E-state index < -0.39 is 47.9 Å². The molecule has 0 fully saturated rings. The largest absolute Gasteiger partial charge is 0.480 e. The Morgan fingerprint density at radius 2 is 1.62 bits per heavy atom. The number of carboxylic acids is 1. The number of aromatic nitrogens is 2. The van der Waals surface area contributed by atoms with Gasteiger partial charge in [0.05, 0.1) is 12.4 Å². The summed E-state index contributed by atoms with van der Waals surface area (Å²) >= 11 is 0. The fraction of sp³-hybridized carbons (Fsp3) is 0.696. The topological polar surface area (TPSA) is 179 Å². The van der Waals surface area contributed by atoms with Crippen molar-refractivity contribution in [2.45, 2.75) is 85.0 Å². The van der Waals surface area contributed by atoms with E-state index in [4.69, 9.17) is 5.73 Å². The Morgan fingerprint density at radius 3 is 2.09 bits per heavy atom. The maximum absolute atomic E-state index is 13.1. The number of H-pyrrole nitrogens is 1. The molecule has 11 heteroatoms. The molecule has 0 bridgehead atoms. The van der Waals surface area contributed by atoms with E-state index >= 15 is 0 Å². The third-order valence-electron chi connectivity index (χ3n) is 5.75. The molecule has 11 nitrogen and oxygen atoms in total. The van der Waals surface area contributed by atoms with Crippen LogP contribution in [0.3, 0.4) is 0 Å². The number of nitrogens with zero attached hydrogens (tertiary/aromatic N) is 1. The lowest BCUT2D eigenvalue weighted by Gasteiger charge is -2.29. The van der Waals surface area contributed by atoms with Crippen molar-refractivity contribution in [2.24, 2.45) is 23.5 Å². The van der Waals surface area contributed by atoms with Gasteiger partial charge in [-0.25, -0.2) is 9.78 Å². The number of nitrogens with two attached hydrogens (primary N) is 1. The van der Waals surface area contributed by atoms with E-state index in [1.807, 2.05) is 34.6 Å². The summed E-state index contributed by atoms with van der Waals surface area (Å²) in [6.07, 6.45) is 3.84. The molecule has 5 unspecified atom stereocenters. The van der Waals surface area contributed by atoms with Gasteiger partial charge in [-0.3, -0.25) is 14.4 Å². The van der Waals surface area contributed by atoms with E-state index in [-0.39, 0.29) is 24.2 Å². The van der Waals surface area contributed by atoms with Crippen molar-refractivity contribution in [2.75, 3.05) is 0 Å². The molecular formula is C23H40N6O5. The number of carboxylic acid groups (broad SMARTS) is 1. The Labute approximate surface area is 201 Å². The van der Waals surface area contributed by atoms with E-state index in [0.717, 1.165) is 0 Å². The smallest absolute Gasteiger partial charge is 0.326 e. The molecule has 192 valence electrons. The van der Waals surface area contributed by atoms with Gasteiger partial charge in [0.25, 0.3) is 0 Å². The molecule has 0 aliphatic carbocycles. The molecule has 0 spiro atoms. The van der Waals surface area contributed by atoms with Crippen LogP contribution in [0, 0.1) is 17.8 Å². The lowest BCUT2D eigenvalue weighted by molar-refractivity contribution is -0.142. The normalized spacial score (nSPS) is 15.8. The van der Waals surface area contributed by atoms with Crippen molar-refractivity contribution in [1.82, 2.24) is 25.9 Å². The van der Waals surface area contributed by atoms with Crippen molar-refractivity contribution in [1.29, 1.82) is 0 Å². The summed E-state index contributed by atoms with van der Waals surface area (Å²) in [5.74, 6) is -3.06. The maximum Gasteiger partial charge on any atom is 0.326 e. The second-order valence-electron chi connectivity index (χ2n) is 9.51. The second kappa shape index (κ2) is 13.7. The monoisotopic (exact) mass is 480 g/mol. The molecule has 7 N–H and O–H groups in total. The molecule has 1 heterocycles. The number of nitrogens with one attached hydrogen (secondary N) is 4. The Kier molecular flexibility index (Phi) is 11.7. The van der Waals surface area contributed by atoms with E-state index in [1.165, 1.54) is 12.5 Å². The average Bonchev–Trinajstić information content (AvgIpc) is 3.27. The van der Waals surface area contributed by atoms with Crippen molar-refractivity contribution >= 4 is 23.7 Å². The van der Waals surface area contributed by atoms with Gasteiger partial charge in [0, 0.05) is 18.3 Å². The van der Waals surface area contributed by atoms with Crippen LogP contribution in [0.2, 0.25) is 0 Å². The van der Waals surface area contributed by atoms with Gasteiger partial charge < -0.3 is 31.8 Å². The highest BCUT2D eigenvalue weighted by molar-refractivity contribution is 5.94. The minimum atomic E-state index is -1.20. The molecule has 5 atom stereocenters. The average molecular weight is 481 g/mol. The van der Waals surface area contributed by atoms with Crippen molar-refractivity contribution in [3.63, 3.8) is 0 Å². The highest BCUT2D eigenvalue weighted by Crippen LogP contribution is 2.12. The second-order valence-corrected chi connectivity index (χ2v) is 9.51. The number of aliphatic carboxylic acids is 1. The third-order valence-corrected chi connectivity index (χ3v) is 5.75. The summed E-state index contributed by atoms with van der Waals surface area (Å²) < 4.78 is 0. The molecule has 0 radical (unpaired) electrons. The molecule has 0 aromatic carbocycles. The number of rotatable bonds is 14. The fourth-order valence-electron chi connectivity index (χ4n) is 3.31. The summed E-state index contributed by atoms with van der Waals surface area (Å²) in [6.45, 7) is 11.1. The van der Waals surface area contributed by atoms with Crippen LogP contribution in [0.25, 0.3) is 0 Å². The fourth-order valence-corrected chi connectivity index (χ4v) is 3.31. The lowest BCUT2D eigenvalue weighted by atomic mass is 9.96. The Morgan fingerprint density at radius 1 is 1.00 bits per heavy atom. The van der Waals surface area contributed by atoms with Gasteiger partial charge in [0.2, 0.25) is 17.7 Å². The number of carbonyl (C=O) groups excluding carboxylic acids is 3. The van der Waals surface area contributed by atoms with Gasteiger partial charge in [-0.2, -0.15) is 0 Å². The van der Waals surface area contributed by atoms with Crippen molar-refractivity contribution < 1.29 is 24.3 Å². The van der Waals surface area contributed by atoms with Crippen LogP contribution in [0.15, 0.2) is 12.5 Å². The van der Waals surface area contributed by atoms with Gasteiger partial charge in [-0.1, -0.05) is 48.0 Å². The van der Waals surface area contributed by atoms with Crippen molar-refractivity contribution in [3.8, 4) is 0 Å². The highest BCUT2D eigenvalue weighted by atomic mass is 16.4. The molecule has 3 amide bonds.